The molecular weight excluding hydrogens is 276 g/mol. The number of rotatable bonds is 7. The highest BCUT2D eigenvalue weighted by Gasteiger charge is 2.23. The van der Waals surface area contributed by atoms with Crippen molar-refractivity contribution in [3.8, 4) is 0 Å². The average Bonchev–Trinajstić information content (AvgIpc) is 2.99. The van der Waals surface area contributed by atoms with Crippen LogP contribution in [-0.4, -0.2) is 30.7 Å². The van der Waals surface area contributed by atoms with Crippen LogP contribution < -0.4 is 10.6 Å². The highest BCUT2D eigenvalue weighted by molar-refractivity contribution is 5.76. The van der Waals surface area contributed by atoms with Crippen molar-refractivity contribution >= 4 is 5.91 Å². The Morgan fingerprint density at radius 1 is 1.36 bits per heavy atom. The van der Waals surface area contributed by atoms with Crippen LogP contribution in [0.2, 0.25) is 0 Å². The van der Waals surface area contributed by atoms with Crippen LogP contribution in [0.3, 0.4) is 0 Å². The summed E-state index contributed by atoms with van der Waals surface area (Å²) in [6.07, 6.45) is 2.66. The largest absolute Gasteiger partial charge is 0.378 e. The van der Waals surface area contributed by atoms with Gasteiger partial charge >= 0.3 is 0 Å². The second-order valence-corrected chi connectivity index (χ2v) is 6.78. The molecule has 1 saturated heterocycles. The zero-order chi connectivity index (χ0) is 16.0. The van der Waals surface area contributed by atoms with Gasteiger partial charge in [-0.25, -0.2) is 0 Å². The average molecular weight is 304 g/mol. The minimum absolute atomic E-state index is 0.0779. The molecule has 0 spiro atoms. The van der Waals surface area contributed by atoms with Crippen molar-refractivity contribution in [1.29, 1.82) is 0 Å². The molecule has 1 aromatic rings. The maximum absolute atomic E-state index is 12.0. The van der Waals surface area contributed by atoms with E-state index in [1.807, 2.05) is 18.2 Å². The highest BCUT2D eigenvalue weighted by Crippen LogP contribution is 2.17. The van der Waals surface area contributed by atoms with Crippen molar-refractivity contribution in [3.63, 3.8) is 0 Å². The maximum Gasteiger partial charge on any atom is 0.222 e. The summed E-state index contributed by atoms with van der Waals surface area (Å²) >= 11 is 0. The van der Waals surface area contributed by atoms with Gasteiger partial charge in [0.25, 0.3) is 0 Å². The lowest BCUT2D eigenvalue weighted by Crippen LogP contribution is -2.50. The molecule has 2 atom stereocenters. The van der Waals surface area contributed by atoms with Crippen LogP contribution >= 0.6 is 0 Å². The van der Waals surface area contributed by atoms with Crippen LogP contribution in [0, 0.1) is 0 Å². The molecule has 2 N–H and O–H groups in total. The topological polar surface area (TPSA) is 50.4 Å². The number of nitrogens with one attached hydrogen (secondary N) is 2. The van der Waals surface area contributed by atoms with Crippen molar-refractivity contribution in [1.82, 2.24) is 10.6 Å². The lowest BCUT2D eigenvalue weighted by atomic mass is 10.0. The number of carbonyl (C=O) groups is 1. The molecular formula is C18H28N2O2. The van der Waals surface area contributed by atoms with Gasteiger partial charge in [-0.05, 0) is 39.2 Å². The lowest BCUT2D eigenvalue weighted by Gasteiger charge is -2.31. The van der Waals surface area contributed by atoms with E-state index >= 15 is 0 Å². The molecule has 1 amide bonds. The van der Waals surface area contributed by atoms with Gasteiger partial charge in [0.1, 0.15) is 0 Å². The first-order valence-corrected chi connectivity index (χ1v) is 8.17. The van der Waals surface area contributed by atoms with E-state index in [1.165, 1.54) is 5.56 Å². The third-order valence-electron chi connectivity index (χ3n) is 4.07. The lowest BCUT2D eigenvalue weighted by molar-refractivity contribution is -0.123. The molecule has 122 valence electrons. The van der Waals surface area contributed by atoms with Crippen LogP contribution in [0.1, 0.15) is 51.6 Å². The number of hydrogen-bond acceptors (Lipinski definition) is 3. The molecule has 22 heavy (non-hydrogen) atoms. The number of ether oxygens (including phenoxy) is 1. The zero-order valence-corrected chi connectivity index (χ0v) is 13.9. The third-order valence-corrected chi connectivity index (χ3v) is 4.07. The van der Waals surface area contributed by atoms with Crippen LogP contribution in [0.25, 0.3) is 0 Å². The van der Waals surface area contributed by atoms with Crippen molar-refractivity contribution in [2.24, 2.45) is 0 Å². The fraction of sp³-hybridized carbons (Fsp3) is 0.611. The quantitative estimate of drug-likeness (QED) is 0.814. The van der Waals surface area contributed by atoms with E-state index in [9.17, 15) is 4.79 Å². The van der Waals surface area contributed by atoms with E-state index < -0.39 is 0 Å². The summed E-state index contributed by atoms with van der Waals surface area (Å²) < 4.78 is 5.50. The van der Waals surface area contributed by atoms with Gasteiger partial charge in [-0.15, -0.1) is 0 Å². The van der Waals surface area contributed by atoms with Crippen LogP contribution in [0.5, 0.6) is 0 Å². The molecule has 1 aliphatic rings. The van der Waals surface area contributed by atoms with Crippen molar-refractivity contribution in [3.05, 3.63) is 35.9 Å². The molecule has 0 aliphatic carbocycles. The Hall–Kier alpha value is -1.39. The second kappa shape index (κ2) is 7.75. The summed E-state index contributed by atoms with van der Waals surface area (Å²) in [4.78, 5) is 12.0. The van der Waals surface area contributed by atoms with E-state index in [1.54, 1.807) is 0 Å². The first-order chi connectivity index (χ1) is 10.5. The SMILES string of the molecule is C[C@@H](NC(C)(C)CNC(=O)C[C@@H]1CCCO1)c1ccccc1. The van der Waals surface area contributed by atoms with Crippen molar-refractivity contribution in [2.45, 2.75) is 57.7 Å². The van der Waals surface area contributed by atoms with E-state index in [0.29, 0.717) is 13.0 Å². The third kappa shape index (κ3) is 5.43. The summed E-state index contributed by atoms with van der Waals surface area (Å²) in [5.74, 6) is 0.0779. The summed E-state index contributed by atoms with van der Waals surface area (Å²) in [5, 5.41) is 6.60. The van der Waals surface area contributed by atoms with Gasteiger partial charge in [0.15, 0.2) is 0 Å². The van der Waals surface area contributed by atoms with Crippen LogP contribution in [0.4, 0.5) is 0 Å². The Kier molecular flexibility index (Phi) is 5.98. The summed E-state index contributed by atoms with van der Waals surface area (Å²) in [5.41, 5.74) is 1.09. The van der Waals surface area contributed by atoms with Crippen LogP contribution in [0.15, 0.2) is 30.3 Å². The summed E-state index contributed by atoms with van der Waals surface area (Å²) in [7, 11) is 0. The van der Waals surface area contributed by atoms with Gasteiger partial charge in [-0.1, -0.05) is 30.3 Å². The molecule has 1 fully saturated rings. The normalized spacial score (nSPS) is 19.9. The standard InChI is InChI=1S/C18H28N2O2/c1-14(15-8-5-4-6-9-15)20-18(2,3)13-19-17(21)12-16-10-7-11-22-16/h4-6,8-9,14,16,20H,7,10-13H2,1-3H3,(H,19,21)/t14-,16+/m1/s1. The molecule has 0 unspecified atom stereocenters. The van der Waals surface area contributed by atoms with E-state index in [4.69, 9.17) is 4.74 Å². The minimum atomic E-state index is -0.165. The van der Waals surface area contributed by atoms with Crippen molar-refractivity contribution in [2.75, 3.05) is 13.2 Å². The van der Waals surface area contributed by atoms with Gasteiger partial charge in [-0.3, -0.25) is 4.79 Å². The molecule has 0 aromatic heterocycles. The predicted molar refractivity (Wildman–Crippen MR) is 88.7 cm³/mol. The van der Waals surface area contributed by atoms with Gasteiger partial charge in [0.2, 0.25) is 5.91 Å². The Balaban J connectivity index is 1.76. The first kappa shape index (κ1) is 17.0. The molecule has 1 aliphatic heterocycles. The van der Waals surface area contributed by atoms with E-state index in [0.717, 1.165) is 19.4 Å². The predicted octanol–water partition coefficient (Wildman–Crippen LogP) is 2.80. The fourth-order valence-corrected chi connectivity index (χ4v) is 2.87. The fourth-order valence-electron chi connectivity index (χ4n) is 2.87. The number of amides is 1. The minimum Gasteiger partial charge on any atom is -0.378 e. The van der Waals surface area contributed by atoms with Gasteiger partial charge < -0.3 is 15.4 Å². The van der Waals surface area contributed by atoms with Crippen molar-refractivity contribution < 1.29 is 9.53 Å². The van der Waals surface area contributed by atoms with Gasteiger partial charge in [0, 0.05) is 24.7 Å². The van der Waals surface area contributed by atoms with Crippen LogP contribution in [-0.2, 0) is 9.53 Å². The van der Waals surface area contributed by atoms with Gasteiger partial charge in [-0.2, -0.15) is 0 Å². The zero-order valence-electron chi connectivity index (χ0n) is 13.9. The number of benzene rings is 1. The molecule has 2 rings (SSSR count). The monoisotopic (exact) mass is 304 g/mol. The summed E-state index contributed by atoms with van der Waals surface area (Å²) in [6.45, 7) is 7.76. The molecule has 4 nitrogen and oxygen atoms in total. The highest BCUT2D eigenvalue weighted by atomic mass is 16.5. The maximum atomic E-state index is 12.0. The second-order valence-electron chi connectivity index (χ2n) is 6.78. The smallest absolute Gasteiger partial charge is 0.222 e. The molecule has 0 saturated carbocycles. The Morgan fingerprint density at radius 2 is 2.09 bits per heavy atom. The van der Waals surface area contributed by atoms with E-state index in [2.05, 4.69) is 43.5 Å². The van der Waals surface area contributed by atoms with E-state index in [-0.39, 0.29) is 23.6 Å². The number of hydrogen-bond donors (Lipinski definition) is 2. The molecule has 0 bridgehead atoms. The number of carbonyl (C=O) groups excluding carboxylic acids is 1. The Morgan fingerprint density at radius 3 is 2.73 bits per heavy atom. The molecule has 1 aromatic carbocycles. The summed E-state index contributed by atoms with van der Waals surface area (Å²) in [6, 6.07) is 10.6. The Labute approximate surface area is 133 Å². The van der Waals surface area contributed by atoms with Gasteiger partial charge in [0.05, 0.1) is 12.5 Å². The Bertz CT molecular complexity index is 467. The molecule has 4 heteroatoms. The first-order valence-electron chi connectivity index (χ1n) is 8.17. The molecule has 0 radical (unpaired) electrons. The molecule has 1 heterocycles.